The molecule has 0 bridgehead atoms. The van der Waals surface area contributed by atoms with Crippen LogP contribution in [-0.2, 0) is 20.8 Å². The topological polar surface area (TPSA) is 101 Å². The van der Waals surface area contributed by atoms with Crippen LogP contribution in [0.2, 0.25) is 0 Å². The van der Waals surface area contributed by atoms with Crippen LogP contribution in [0.5, 0.6) is 0 Å². The van der Waals surface area contributed by atoms with Gasteiger partial charge in [0.25, 0.3) is 0 Å². The Kier molecular flexibility index (Phi) is 6.74. The van der Waals surface area contributed by atoms with Crippen molar-refractivity contribution in [2.24, 2.45) is 5.73 Å². The molecular weight excluding hydrogens is 301 g/mol. The van der Waals surface area contributed by atoms with Crippen LogP contribution >= 0.6 is 0 Å². The van der Waals surface area contributed by atoms with Gasteiger partial charge in [-0.25, -0.2) is 4.39 Å². The number of nitrogens with one attached hydrogen (secondary N) is 2. The highest BCUT2D eigenvalue weighted by molar-refractivity contribution is 5.91. The van der Waals surface area contributed by atoms with Crippen molar-refractivity contribution >= 4 is 17.7 Å². The summed E-state index contributed by atoms with van der Waals surface area (Å²) in [5, 5.41) is 4.79. The van der Waals surface area contributed by atoms with Gasteiger partial charge < -0.3 is 16.4 Å². The molecule has 1 aromatic carbocycles. The quantitative estimate of drug-likeness (QED) is 0.610. The van der Waals surface area contributed by atoms with Gasteiger partial charge in [0.1, 0.15) is 17.9 Å². The molecule has 4 N–H and O–H groups in total. The zero-order valence-electron chi connectivity index (χ0n) is 12.6. The Morgan fingerprint density at radius 2 is 1.91 bits per heavy atom. The molecule has 6 nitrogen and oxygen atoms in total. The van der Waals surface area contributed by atoms with Gasteiger partial charge in [-0.2, -0.15) is 0 Å². The molecule has 122 valence electrons. The molecule has 0 unspecified atom stereocenters. The summed E-state index contributed by atoms with van der Waals surface area (Å²) in [7, 11) is 0. The molecule has 0 aliphatic rings. The van der Waals surface area contributed by atoms with Gasteiger partial charge in [0, 0.05) is 19.8 Å². The number of carbonyl (C=O) groups excluding carboxylic acids is 3. The number of amides is 3. The van der Waals surface area contributed by atoms with E-state index in [1.807, 2.05) is 0 Å². The van der Waals surface area contributed by atoms with Gasteiger partial charge in [-0.05, 0) is 11.6 Å². The molecular formula is C16H18FN3O3. The molecule has 1 aromatic rings. The van der Waals surface area contributed by atoms with E-state index < -0.39 is 35.6 Å². The monoisotopic (exact) mass is 319 g/mol. The lowest BCUT2D eigenvalue weighted by atomic mass is 10.0. The summed E-state index contributed by atoms with van der Waals surface area (Å²) in [5.41, 5.74) is 5.41. The first-order valence-corrected chi connectivity index (χ1v) is 6.88. The number of carbonyl (C=O) groups is 3. The smallest absolute Gasteiger partial charge is 0.243 e. The van der Waals surface area contributed by atoms with Gasteiger partial charge in [-0.3, -0.25) is 14.4 Å². The van der Waals surface area contributed by atoms with Crippen LogP contribution in [-0.4, -0.2) is 29.8 Å². The van der Waals surface area contributed by atoms with E-state index in [4.69, 9.17) is 12.2 Å². The number of rotatable bonds is 7. The van der Waals surface area contributed by atoms with Gasteiger partial charge in [-0.15, -0.1) is 12.3 Å². The Morgan fingerprint density at radius 3 is 2.43 bits per heavy atom. The second-order valence-electron chi connectivity index (χ2n) is 4.92. The van der Waals surface area contributed by atoms with E-state index in [-0.39, 0.29) is 18.4 Å². The summed E-state index contributed by atoms with van der Waals surface area (Å²) in [4.78, 5) is 34.8. The summed E-state index contributed by atoms with van der Waals surface area (Å²) in [6, 6.07) is 3.79. The van der Waals surface area contributed by atoms with E-state index in [9.17, 15) is 18.8 Å². The van der Waals surface area contributed by atoms with E-state index in [1.54, 1.807) is 6.07 Å². The van der Waals surface area contributed by atoms with Crippen molar-refractivity contribution < 1.29 is 18.8 Å². The van der Waals surface area contributed by atoms with Crippen molar-refractivity contribution in [1.29, 1.82) is 0 Å². The molecule has 0 radical (unpaired) electrons. The van der Waals surface area contributed by atoms with Gasteiger partial charge in [0.05, 0.1) is 0 Å². The summed E-state index contributed by atoms with van der Waals surface area (Å²) in [6.45, 7) is 1.23. The highest BCUT2D eigenvalue weighted by Gasteiger charge is 2.25. The van der Waals surface area contributed by atoms with Crippen molar-refractivity contribution in [3.05, 3.63) is 35.6 Å². The molecule has 3 amide bonds. The first-order valence-electron chi connectivity index (χ1n) is 6.88. The number of hydrogen-bond acceptors (Lipinski definition) is 3. The molecule has 0 heterocycles. The maximum absolute atomic E-state index is 13.7. The molecule has 7 heteroatoms. The van der Waals surface area contributed by atoms with E-state index in [1.165, 1.54) is 25.1 Å². The molecule has 0 saturated heterocycles. The van der Waals surface area contributed by atoms with Crippen molar-refractivity contribution in [1.82, 2.24) is 10.6 Å². The van der Waals surface area contributed by atoms with Gasteiger partial charge in [0.2, 0.25) is 17.7 Å². The third-order valence-electron chi connectivity index (χ3n) is 3.06. The van der Waals surface area contributed by atoms with Crippen LogP contribution in [0.25, 0.3) is 0 Å². The van der Waals surface area contributed by atoms with E-state index in [0.29, 0.717) is 0 Å². The van der Waals surface area contributed by atoms with Crippen molar-refractivity contribution in [3.63, 3.8) is 0 Å². The minimum Gasteiger partial charge on any atom is -0.368 e. The fourth-order valence-electron chi connectivity index (χ4n) is 1.95. The standard InChI is InChI=1S/C16H18FN3O3/c1-3-6-13(15(18)22)20-16(23)14(19-10(2)21)9-11-7-4-5-8-12(11)17/h1,4-5,7-8,13-14H,6,9H2,2H3,(H2,18,22)(H,19,21)(H,20,23)/t13-,14+/m1/s1. The molecule has 0 aliphatic heterocycles. The fraction of sp³-hybridized carbons (Fsp3) is 0.312. The zero-order chi connectivity index (χ0) is 17.4. The average Bonchev–Trinajstić information content (AvgIpc) is 2.47. The highest BCUT2D eigenvalue weighted by atomic mass is 19.1. The van der Waals surface area contributed by atoms with Crippen molar-refractivity contribution in [2.75, 3.05) is 0 Å². The number of nitrogens with two attached hydrogens (primary N) is 1. The largest absolute Gasteiger partial charge is 0.368 e. The van der Waals surface area contributed by atoms with Crippen molar-refractivity contribution in [3.8, 4) is 12.3 Å². The van der Waals surface area contributed by atoms with Gasteiger partial charge >= 0.3 is 0 Å². The van der Waals surface area contributed by atoms with Crippen LogP contribution in [0, 0.1) is 18.2 Å². The molecule has 2 atom stereocenters. The van der Waals surface area contributed by atoms with E-state index in [2.05, 4.69) is 16.6 Å². The maximum Gasteiger partial charge on any atom is 0.243 e. The van der Waals surface area contributed by atoms with Gasteiger partial charge in [-0.1, -0.05) is 18.2 Å². The maximum atomic E-state index is 13.7. The summed E-state index contributed by atoms with van der Waals surface area (Å²) in [5.74, 6) is -0.181. The minimum absolute atomic E-state index is 0.0698. The molecule has 0 aliphatic carbocycles. The molecule has 1 rings (SSSR count). The van der Waals surface area contributed by atoms with Crippen LogP contribution in [0.4, 0.5) is 4.39 Å². The Labute approximate surface area is 133 Å². The Morgan fingerprint density at radius 1 is 1.26 bits per heavy atom. The summed E-state index contributed by atoms with van der Waals surface area (Å²) in [6.07, 6.45) is 4.97. The molecule has 0 spiro atoms. The number of primary amides is 1. The predicted octanol–water partition coefficient (Wildman–Crippen LogP) is -0.134. The first-order chi connectivity index (χ1) is 10.8. The van der Waals surface area contributed by atoms with Crippen LogP contribution in [0.1, 0.15) is 18.9 Å². The predicted molar refractivity (Wildman–Crippen MR) is 82.3 cm³/mol. The fourth-order valence-corrected chi connectivity index (χ4v) is 1.95. The normalized spacial score (nSPS) is 12.6. The second kappa shape index (κ2) is 8.54. The molecule has 0 fully saturated rings. The Bertz CT molecular complexity index is 640. The van der Waals surface area contributed by atoms with Gasteiger partial charge in [0.15, 0.2) is 0 Å². The number of hydrogen-bond donors (Lipinski definition) is 3. The lowest BCUT2D eigenvalue weighted by Crippen LogP contribution is -2.53. The highest BCUT2D eigenvalue weighted by Crippen LogP contribution is 2.09. The Balaban J connectivity index is 2.90. The van der Waals surface area contributed by atoms with Crippen molar-refractivity contribution in [2.45, 2.75) is 31.8 Å². The Hall–Kier alpha value is -2.88. The molecule has 0 aromatic heterocycles. The van der Waals surface area contributed by atoms with E-state index >= 15 is 0 Å². The number of halogens is 1. The number of benzene rings is 1. The summed E-state index contributed by atoms with van der Waals surface area (Å²) >= 11 is 0. The number of terminal acetylenes is 1. The zero-order valence-corrected chi connectivity index (χ0v) is 12.6. The van der Waals surface area contributed by atoms with Crippen LogP contribution in [0.3, 0.4) is 0 Å². The SMILES string of the molecule is C#CC[C@@H](NC(=O)[C@H](Cc1ccccc1F)NC(C)=O)C(N)=O. The second-order valence-corrected chi connectivity index (χ2v) is 4.92. The van der Waals surface area contributed by atoms with E-state index in [0.717, 1.165) is 0 Å². The average molecular weight is 319 g/mol. The minimum atomic E-state index is -1.05. The summed E-state index contributed by atoms with van der Waals surface area (Å²) < 4.78 is 13.7. The molecule has 0 saturated carbocycles. The van der Waals surface area contributed by atoms with Crippen LogP contribution in [0.15, 0.2) is 24.3 Å². The lowest BCUT2D eigenvalue weighted by Gasteiger charge is -2.20. The van der Waals surface area contributed by atoms with Crippen LogP contribution < -0.4 is 16.4 Å². The molecule has 23 heavy (non-hydrogen) atoms. The first kappa shape index (κ1) is 18.2. The third kappa shape index (κ3) is 5.79. The lowest BCUT2D eigenvalue weighted by molar-refractivity contribution is -0.130. The third-order valence-corrected chi connectivity index (χ3v) is 3.06.